The molecule has 1 atom stereocenters. The van der Waals surface area contributed by atoms with Crippen molar-refractivity contribution >= 4 is 28.2 Å². The maximum Gasteiger partial charge on any atom is 0.295 e. The molecule has 3 aromatic rings. The highest BCUT2D eigenvalue weighted by Crippen LogP contribution is 2.40. The van der Waals surface area contributed by atoms with Crippen molar-refractivity contribution in [3.05, 3.63) is 82.9 Å². The molecular weight excluding hydrogens is 488 g/mol. The molecule has 206 valence electrons. The summed E-state index contributed by atoms with van der Waals surface area (Å²) in [5.41, 5.74) is 2.59. The summed E-state index contributed by atoms with van der Waals surface area (Å²) in [4.78, 5) is 30.8. The lowest BCUT2D eigenvalue weighted by atomic mass is 9.85. The number of Topliss-reactive ketones (excluding diaryl/α,β-unsaturated/α-hetero) is 1. The van der Waals surface area contributed by atoms with Gasteiger partial charge in [-0.1, -0.05) is 77.1 Å². The molecule has 4 rings (SSSR count). The molecule has 1 aliphatic rings. The number of rotatable bonds is 9. The predicted molar refractivity (Wildman–Crippen MR) is 157 cm³/mol. The van der Waals surface area contributed by atoms with Crippen LogP contribution in [0.2, 0.25) is 0 Å². The first-order chi connectivity index (χ1) is 18.6. The molecule has 39 heavy (non-hydrogen) atoms. The fraction of sp³-hybridized carbons (Fsp3) is 0.394. The van der Waals surface area contributed by atoms with E-state index in [1.165, 1.54) is 0 Å². The van der Waals surface area contributed by atoms with Crippen LogP contribution in [-0.2, 0) is 15.0 Å². The molecule has 3 aromatic carbocycles. The second kappa shape index (κ2) is 11.6. The third kappa shape index (κ3) is 5.86. The first kappa shape index (κ1) is 28.4. The van der Waals surface area contributed by atoms with Crippen LogP contribution < -0.4 is 4.74 Å². The number of ketones is 1. The number of nitrogens with zero attached hydrogens (tertiary/aromatic N) is 2. The van der Waals surface area contributed by atoms with Crippen LogP contribution in [0.1, 0.15) is 63.8 Å². The lowest BCUT2D eigenvalue weighted by molar-refractivity contribution is -0.140. The van der Waals surface area contributed by atoms with Crippen molar-refractivity contribution in [3.8, 4) is 5.75 Å². The van der Waals surface area contributed by atoms with E-state index in [1.807, 2.05) is 42.5 Å². The van der Waals surface area contributed by atoms with Crippen LogP contribution in [0.25, 0.3) is 16.5 Å². The van der Waals surface area contributed by atoms with E-state index in [1.54, 1.807) is 18.1 Å². The molecule has 1 unspecified atom stereocenters. The first-order valence-corrected chi connectivity index (χ1v) is 13.8. The summed E-state index contributed by atoms with van der Waals surface area (Å²) in [6, 6.07) is 18.6. The number of benzene rings is 3. The summed E-state index contributed by atoms with van der Waals surface area (Å²) < 4.78 is 5.32. The Labute approximate surface area is 231 Å². The van der Waals surface area contributed by atoms with E-state index in [0.717, 1.165) is 53.7 Å². The third-order valence-electron chi connectivity index (χ3n) is 7.72. The zero-order valence-corrected chi connectivity index (χ0v) is 24.0. The van der Waals surface area contributed by atoms with Crippen LogP contribution in [-0.4, -0.2) is 59.9 Å². The average molecular weight is 529 g/mol. The van der Waals surface area contributed by atoms with Gasteiger partial charge in [0.05, 0.1) is 18.7 Å². The fourth-order valence-corrected chi connectivity index (χ4v) is 5.28. The number of likely N-dealkylation sites (tertiary alicyclic amines) is 1. The monoisotopic (exact) mass is 528 g/mol. The van der Waals surface area contributed by atoms with Gasteiger partial charge in [0.15, 0.2) is 0 Å². The second-order valence-electron chi connectivity index (χ2n) is 11.2. The van der Waals surface area contributed by atoms with Gasteiger partial charge in [0.1, 0.15) is 11.5 Å². The van der Waals surface area contributed by atoms with E-state index in [0.29, 0.717) is 12.1 Å². The molecule has 1 amide bonds. The predicted octanol–water partition coefficient (Wildman–Crippen LogP) is 6.30. The highest BCUT2D eigenvalue weighted by atomic mass is 16.5. The Bertz CT molecular complexity index is 1380. The van der Waals surface area contributed by atoms with Gasteiger partial charge in [-0.2, -0.15) is 0 Å². The average Bonchev–Trinajstić information content (AvgIpc) is 3.19. The lowest BCUT2D eigenvalue weighted by Crippen LogP contribution is -2.33. The summed E-state index contributed by atoms with van der Waals surface area (Å²) in [5.74, 6) is -0.614. The molecule has 1 heterocycles. The van der Waals surface area contributed by atoms with Crippen molar-refractivity contribution < 1.29 is 19.4 Å². The summed E-state index contributed by atoms with van der Waals surface area (Å²) >= 11 is 0. The Morgan fingerprint density at radius 1 is 0.949 bits per heavy atom. The Kier molecular flexibility index (Phi) is 8.45. The lowest BCUT2D eigenvalue weighted by Gasteiger charge is -2.27. The van der Waals surface area contributed by atoms with E-state index >= 15 is 0 Å². The molecule has 1 aliphatic heterocycles. The third-order valence-corrected chi connectivity index (χ3v) is 7.72. The Hall–Kier alpha value is -3.64. The standard InChI is InChI=1S/C33H40N2O4/c1-7-34(8-2)18-9-19-35-29(22-12-15-26(16-13-22)33(3,4)5)28(31(37)32(35)38)30(36)25-11-10-24-21-27(39-6)17-14-23(24)20-25/h10-17,20-21,29,36H,7-9,18-19H2,1-6H3/b30-28+. The zero-order chi connectivity index (χ0) is 28.3. The van der Waals surface area contributed by atoms with Crippen LogP contribution in [0, 0.1) is 0 Å². The molecule has 0 bridgehead atoms. The molecule has 1 fully saturated rings. The number of carbonyl (C=O) groups excluding carboxylic acids is 2. The molecule has 6 nitrogen and oxygen atoms in total. The van der Waals surface area contributed by atoms with Gasteiger partial charge in [0.2, 0.25) is 0 Å². The van der Waals surface area contributed by atoms with Gasteiger partial charge in [0, 0.05) is 12.1 Å². The van der Waals surface area contributed by atoms with Gasteiger partial charge in [-0.25, -0.2) is 0 Å². The molecule has 0 aromatic heterocycles. The number of carbonyl (C=O) groups is 2. The van der Waals surface area contributed by atoms with Crippen molar-refractivity contribution in [2.45, 2.75) is 52.5 Å². The topological polar surface area (TPSA) is 70.1 Å². The molecule has 0 radical (unpaired) electrons. The van der Waals surface area contributed by atoms with Gasteiger partial charge in [-0.05, 0) is 71.6 Å². The normalized spacial score (nSPS) is 17.4. The van der Waals surface area contributed by atoms with Gasteiger partial charge in [0.25, 0.3) is 11.7 Å². The minimum absolute atomic E-state index is 0.0299. The fourth-order valence-electron chi connectivity index (χ4n) is 5.28. The van der Waals surface area contributed by atoms with E-state index in [4.69, 9.17) is 4.74 Å². The number of aliphatic hydroxyl groups is 1. The van der Waals surface area contributed by atoms with Crippen LogP contribution in [0.15, 0.2) is 66.2 Å². The van der Waals surface area contributed by atoms with Gasteiger partial charge >= 0.3 is 0 Å². The summed E-state index contributed by atoms with van der Waals surface area (Å²) in [6.07, 6.45) is 0.739. The molecule has 6 heteroatoms. The molecule has 1 saturated heterocycles. The van der Waals surface area contributed by atoms with Gasteiger partial charge in [-0.3, -0.25) is 9.59 Å². The maximum absolute atomic E-state index is 13.5. The molecule has 0 aliphatic carbocycles. The number of aliphatic hydroxyl groups excluding tert-OH is 1. The summed E-state index contributed by atoms with van der Waals surface area (Å²) in [6.45, 7) is 13.8. The largest absolute Gasteiger partial charge is 0.507 e. The summed E-state index contributed by atoms with van der Waals surface area (Å²) in [7, 11) is 1.62. The number of ether oxygens (including phenoxy) is 1. The van der Waals surface area contributed by atoms with Gasteiger partial charge in [-0.15, -0.1) is 0 Å². The van der Waals surface area contributed by atoms with Crippen LogP contribution >= 0.6 is 0 Å². The molecular formula is C33H40N2O4. The smallest absolute Gasteiger partial charge is 0.295 e. The highest BCUT2D eigenvalue weighted by Gasteiger charge is 2.45. The number of amides is 1. The Morgan fingerprint density at radius 2 is 1.59 bits per heavy atom. The van der Waals surface area contributed by atoms with E-state index in [-0.39, 0.29) is 16.7 Å². The van der Waals surface area contributed by atoms with Crippen molar-refractivity contribution in [3.63, 3.8) is 0 Å². The minimum atomic E-state index is -0.651. The van der Waals surface area contributed by atoms with E-state index in [9.17, 15) is 14.7 Å². The second-order valence-corrected chi connectivity index (χ2v) is 11.2. The van der Waals surface area contributed by atoms with Crippen LogP contribution in [0.3, 0.4) is 0 Å². The maximum atomic E-state index is 13.5. The Morgan fingerprint density at radius 3 is 2.21 bits per heavy atom. The van der Waals surface area contributed by atoms with Crippen molar-refractivity contribution in [1.82, 2.24) is 9.80 Å². The zero-order valence-electron chi connectivity index (χ0n) is 24.0. The van der Waals surface area contributed by atoms with Crippen molar-refractivity contribution in [2.75, 3.05) is 33.3 Å². The number of hydrogen-bond acceptors (Lipinski definition) is 5. The molecule has 0 spiro atoms. The van der Waals surface area contributed by atoms with Crippen molar-refractivity contribution in [1.29, 1.82) is 0 Å². The highest BCUT2D eigenvalue weighted by molar-refractivity contribution is 6.46. The van der Waals surface area contributed by atoms with Crippen LogP contribution in [0.4, 0.5) is 0 Å². The molecule has 0 saturated carbocycles. The van der Waals surface area contributed by atoms with Crippen LogP contribution in [0.5, 0.6) is 5.75 Å². The quantitative estimate of drug-likeness (QED) is 0.201. The SMILES string of the molecule is CCN(CC)CCCN1C(=O)C(=O)/C(=C(/O)c2ccc3cc(OC)ccc3c2)C1c1ccc(C(C)(C)C)cc1. The number of methoxy groups -OCH3 is 1. The van der Waals surface area contributed by atoms with Crippen molar-refractivity contribution in [2.24, 2.45) is 0 Å². The Balaban J connectivity index is 1.78. The minimum Gasteiger partial charge on any atom is -0.507 e. The van der Waals surface area contributed by atoms with Gasteiger partial charge < -0.3 is 19.6 Å². The first-order valence-electron chi connectivity index (χ1n) is 13.8. The summed E-state index contributed by atoms with van der Waals surface area (Å²) in [5, 5.41) is 13.4. The number of hydrogen-bond donors (Lipinski definition) is 1. The van der Waals surface area contributed by atoms with E-state index < -0.39 is 17.7 Å². The molecule has 1 N–H and O–H groups in total. The number of fused-ring (bicyclic) bond motifs is 1. The van der Waals surface area contributed by atoms with E-state index in [2.05, 4.69) is 51.7 Å².